The van der Waals surface area contributed by atoms with Crippen molar-refractivity contribution < 1.29 is 13.9 Å². The molecule has 0 aliphatic rings. The first-order valence-electron chi connectivity index (χ1n) is 4.04. The van der Waals surface area contributed by atoms with Crippen LogP contribution in [0, 0.1) is 0 Å². The van der Waals surface area contributed by atoms with E-state index in [0.717, 1.165) is 0 Å². The van der Waals surface area contributed by atoms with Gasteiger partial charge in [0.15, 0.2) is 0 Å². The van der Waals surface area contributed by atoms with Gasteiger partial charge in [0.1, 0.15) is 0 Å². The molecule has 1 atom stereocenters. The molecular weight excluding hydrogens is 187 g/mol. The van der Waals surface area contributed by atoms with Crippen LogP contribution in [0.25, 0.3) is 0 Å². The quantitative estimate of drug-likeness (QED) is 0.695. The van der Waals surface area contributed by atoms with Gasteiger partial charge in [-0.25, -0.2) is 0 Å². The molecule has 0 heterocycles. The van der Waals surface area contributed by atoms with Crippen molar-refractivity contribution in [2.24, 2.45) is 0 Å². The van der Waals surface area contributed by atoms with Crippen molar-refractivity contribution in [2.75, 3.05) is 0 Å². The first-order valence-corrected chi connectivity index (χ1v) is 5.35. The molecule has 0 amide bonds. The summed E-state index contributed by atoms with van der Waals surface area (Å²) in [5, 5.41) is 0.578. The fraction of sp³-hybridized carbons (Fsp3) is 0.222. The summed E-state index contributed by atoms with van der Waals surface area (Å²) in [6.45, 7) is 1.67. The van der Waals surface area contributed by atoms with E-state index in [9.17, 15) is 9.36 Å². The number of benzene rings is 1. The van der Waals surface area contributed by atoms with E-state index < -0.39 is 14.0 Å². The topological polar surface area (TPSA) is 43.4 Å². The second-order valence-electron chi connectivity index (χ2n) is 2.48. The second kappa shape index (κ2) is 4.83. The van der Waals surface area contributed by atoms with Gasteiger partial charge in [-0.05, 0) is 12.1 Å². The van der Waals surface area contributed by atoms with E-state index in [-0.39, 0.29) is 6.42 Å². The Labute approximate surface area is 77.6 Å². The van der Waals surface area contributed by atoms with E-state index in [1.165, 1.54) is 0 Å². The molecule has 0 saturated heterocycles. The normalized spacial score (nSPS) is 12.1. The standard InChI is InChI=1S/C9H11O3P/c1-2-9(10)12-13(11)8-6-4-3-5-7-8/h3-7,13H,2H2,1H3. The van der Waals surface area contributed by atoms with Gasteiger partial charge < -0.3 is 4.52 Å². The number of carbonyl (C=O) groups is 1. The van der Waals surface area contributed by atoms with Crippen LogP contribution in [0.1, 0.15) is 13.3 Å². The summed E-state index contributed by atoms with van der Waals surface area (Å²) in [6, 6.07) is 8.71. The molecule has 4 heteroatoms. The van der Waals surface area contributed by atoms with E-state index >= 15 is 0 Å². The largest absolute Gasteiger partial charge is 0.410 e. The van der Waals surface area contributed by atoms with Crippen molar-refractivity contribution in [1.82, 2.24) is 0 Å². The highest BCUT2D eigenvalue weighted by Gasteiger charge is 2.06. The summed E-state index contributed by atoms with van der Waals surface area (Å²) in [5.41, 5.74) is 0. The Morgan fingerprint density at radius 2 is 2.00 bits per heavy atom. The molecule has 3 nitrogen and oxygen atoms in total. The number of hydrogen-bond donors (Lipinski definition) is 0. The third-order valence-electron chi connectivity index (χ3n) is 1.50. The van der Waals surface area contributed by atoms with Gasteiger partial charge in [0.05, 0.1) is 0 Å². The Morgan fingerprint density at radius 1 is 1.38 bits per heavy atom. The minimum absolute atomic E-state index is 0.253. The van der Waals surface area contributed by atoms with Crippen molar-refractivity contribution in [2.45, 2.75) is 13.3 Å². The van der Waals surface area contributed by atoms with E-state index in [2.05, 4.69) is 0 Å². The van der Waals surface area contributed by atoms with Gasteiger partial charge in [-0.3, -0.25) is 9.36 Å². The van der Waals surface area contributed by atoms with Crippen LogP contribution >= 0.6 is 8.03 Å². The second-order valence-corrected chi connectivity index (χ2v) is 3.84. The molecule has 0 saturated carbocycles. The summed E-state index contributed by atoms with van der Waals surface area (Å²) in [7, 11) is -2.38. The zero-order chi connectivity index (χ0) is 9.68. The molecular formula is C9H11O3P. The third-order valence-corrected chi connectivity index (χ3v) is 2.72. The van der Waals surface area contributed by atoms with Crippen LogP contribution in [0.2, 0.25) is 0 Å². The molecule has 0 spiro atoms. The van der Waals surface area contributed by atoms with E-state index in [1.54, 1.807) is 31.2 Å². The highest BCUT2D eigenvalue weighted by molar-refractivity contribution is 7.48. The van der Waals surface area contributed by atoms with Crippen LogP contribution in [0.5, 0.6) is 0 Å². The predicted octanol–water partition coefficient (Wildman–Crippen LogP) is 1.74. The Bertz CT molecular complexity index is 308. The van der Waals surface area contributed by atoms with Crippen molar-refractivity contribution in [3.05, 3.63) is 30.3 Å². The summed E-state index contributed by atoms with van der Waals surface area (Å²) < 4.78 is 16.0. The van der Waals surface area contributed by atoms with Crippen molar-refractivity contribution >= 4 is 19.3 Å². The van der Waals surface area contributed by atoms with Crippen molar-refractivity contribution in [1.29, 1.82) is 0 Å². The van der Waals surface area contributed by atoms with Crippen LogP contribution in [-0.2, 0) is 13.9 Å². The van der Waals surface area contributed by atoms with Crippen LogP contribution in [0.15, 0.2) is 30.3 Å². The Balaban J connectivity index is 2.65. The molecule has 0 aliphatic heterocycles. The Kier molecular flexibility index (Phi) is 3.71. The molecule has 13 heavy (non-hydrogen) atoms. The lowest BCUT2D eigenvalue weighted by atomic mass is 10.4. The minimum atomic E-state index is -2.38. The fourth-order valence-corrected chi connectivity index (χ4v) is 1.74. The summed E-state index contributed by atoms with van der Waals surface area (Å²) >= 11 is 0. The summed E-state index contributed by atoms with van der Waals surface area (Å²) in [6.07, 6.45) is 0.253. The summed E-state index contributed by atoms with van der Waals surface area (Å²) in [4.78, 5) is 10.8. The SMILES string of the molecule is CCC(=O)O[PH](=O)c1ccccc1. The number of carbonyl (C=O) groups excluding carboxylic acids is 1. The minimum Gasteiger partial charge on any atom is -0.410 e. The first-order chi connectivity index (χ1) is 6.24. The molecule has 0 radical (unpaired) electrons. The fourth-order valence-electron chi connectivity index (χ4n) is 0.809. The van der Waals surface area contributed by atoms with Gasteiger partial charge in [0.25, 0.3) is 8.03 Å². The van der Waals surface area contributed by atoms with Crippen molar-refractivity contribution in [3.63, 3.8) is 0 Å². The van der Waals surface area contributed by atoms with Gasteiger partial charge in [-0.1, -0.05) is 25.1 Å². The molecule has 70 valence electrons. The van der Waals surface area contributed by atoms with Crippen LogP contribution in [0.3, 0.4) is 0 Å². The maximum Gasteiger partial charge on any atom is 0.310 e. The monoisotopic (exact) mass is 198 g/mol. The van der Waals surface area contributed by atoms with Gasteiger partial charge >= 0.3 is 5.97 Å². The highest BCUT2D eigenvalue weighted by Crippen LogP contribution is 2.21. The molecule has 0 N–H and O–H groups in total. The maximum absolute atomic E-state index is 11.4. The lowest BCUT2D eigenvalue weighted by Crippen LogP contribution is -2.02. The van der Waals surface area contributed by atoms with Crippen molar-refractivity contribution in [3.8, 4) is 0 Å². The summed E-state index contributed by atoms with van der Waals surface area (Å²) in [5.74, 6) is -0.423. The lowest BCUT2D eigenvalue weighted by molar-refractivity contribution is -0.133. The van der Waals surface area contributed by atoms with Crippen LogP contribution in [0.4, 0.5) is 0 Å². The molecule has 0 bridgehead atoms. The molecule has 0 aliphatic carbocycles. The first kappa shape index (κ1) is 10.0. The number of rotatable bonds is 3. The Morgan fingerprint density at radius 3 is 2.54 bits per heavy atom. The molecule has 0 fully saturated rings. The Hall–Kier alpha value is -1.08. The third kappa shape index (κ3) is 3.03. The molecule has 1 unspecified atom stereocenters. The van der Waals surface area contributed by atoms with Gasteiger partial charge in [0, 0.05) is 11.7 Å². The van der Waals surface area contributed by atoms with Gasteiger partial charge in [-0.2, -0.15) is 0 Å². The highest BCUT2D eigenvalue weighted by atomic mass is 31.1. The van der Waals surface area contributed by atoms with E-state index in [1.807, 2.05) is 6.07 Å². The van der Waals surface area contributed by atoms with Crippen LogP contribution < -0.4 is 5.30 Å². The maximum atomic E-state index is 11.4. The van der Waals surface area contributed by atoms with Gasteiger partial charge in [0.2, 0.25) is 0 Å². The lowest BCUT2D eigenvalue weighted by Gasteiger charge is -2.02. The molecule has 1 aromatic carbocycles. The average molecular weight is 198 g/mol. The average Bonchev–Trinajstić information content (AvgIpc) is 2.19. The predicted molar refractivity (Wildman–Crippen MR) is 51.5 cm³/mol. The zero-order valence-corrected chi connectivity index (χ0v) is 8.32. The zero-order valence-electron chi connectivity index (χ0n) is 7.32. The van der Waals surface area contributed by atoms with Crippen LogP contribution in [-0.4, -0.2) is 5.97 Å². The smallest absolute Gasteiger partial charge is 0.310 e. The van der Waals surface area contributed by atoms with E-state index in [0.29, 0.717) is 5.30 Å². The van der Waals surface area contributed by atoms with E-state index in [4.69, 9.17) is 4.52 Å². The molecule has 0 aromatic heterocycles. The number of hydrogen-bond acceptors (Lipinski definition) is 3. The van der Waals surface area contributed by atoms with Gasteiger partial charge in [-0.15, -0.1) is 0 Å². The molecule has 1 rings (SSSR count). The molecule has 1 aromatic rings.